The Morgan fingerprint density at radius 2 is 1.76 bits per heavy atom. The molecule has 0 fully saturated rings. The second-order valence-electron chi connectivity index (χ2n) is 5.72. The number of phenolic OH excluding ortho intramolecular Hbond substituents is 1. The summed E-state index contributed by atoms with van der Waals surface area (Å²) >= 11 is 0. The van der Waals surface area contributed by atoms with Crippen molar-refractivity contribution in [3.05, 3.63) is 58.7 Å². The summed E-state index contributed by atoms with van der Waals surface area (Å²) in [6.07, 6.45) is 1.43. The van der Waals surface area contributed by atoms with Gasteiger partial charge in [0, 0.05) is 5.56 Å². The Morgan fingerprint density at radius 1 is 1.08 bits per heavy atom. The summed E-state index contributed by atoms with van der Waals surface area (Å²) in [7, 11) is 1.34. The number of Topliss-reactive ketones (excluding diaryl/α,β-unsaturated/α-hetero) is 1. The molecule has 0 unspecified atom stereocenters. The van der Waals surface area contributed by atoms with Gasteiger partial charge in [-0.05, 0) is 43.2 Å². The van der Waals surface area contributed by atoms with Crippen LogP contribution in [0.15, 0.2) is 36.4 Å². The van der Waals surface area contributed by atoms with Gasteiger partial charge < -0.3 is 14.6 Å². The van der Waals surface area contributed by atoms with E-state index in [9.17, 15) is 14.7 Å². The molecule has 0 aliphatic rings. The Morgan fingerprint density at radius 3 is 2.32 bits per heavy atom. The van der Waals surface area contributed by atoms with Gasteiger partial charge in [0.25, 0.3) is 0 Å². The van der Waals surface area contributed by atoms with Crippen molar-refractivity contribution >= 4 is 11.8 Å². The van der Waals surface area contributed by atoms with Crippen molar-refractivity contribution in [3.63, 3.8) is 0 Å². The number of ether oxygens (including phenoxy) is 2. The molecule has 0 heterocycles. The molecule has 25 heavy (non-hydrogen) atoms. The van der Waals surface area contributed by atoms with Gasteiger partial charge >= 0.3 is 5.97 Å². The second-order valence-corrected chi connectivity index (χ2v) is 5.72. The van der Waals surface area contributed by atoms with E-state index < -0.39 is 0 Å². The van der Waals surface area contributed by atoms with Gasteiger partial charge in [0.15, 0.2) is 5.78 Å². The van der Waals surface area contributed by atoms with E-state index in [1.807, 2.05) is 6.92 Å². The number of hydrogen-bond acceptors (Lipinski definition) is 5. The van der Waals surface area contributed by atoms with Crippen molar-refractivity contribution in [2.45, 2.75) is 33.3 Å². The van der Waals surface area contributed by atoms with Gasteiger partial charge in [0.1, 0.15) is 18.1 Å². The molecule has 0 radical (unpaired) electrons. The molecule has 0 aromatic heterocycles. The minimum Gasteiger partial charge on any atom is -0.507 e. The zero-order chi connectivity index (χ0) is 18.4. The molecule has 0 aliphatic heterocycles. The summed E-state index contributed by atoms with van der Waals surface area (Å²) in [5.74, 6) is -0.0171. The quantitative estimate of drug-likeness (QED) is 0.610. The van der Waals surface area contributed by atoms with Crippen LogP contribution in [0.1, 0.15) is 52.1 Å². The van der Waals surface area contributed by atoms with Crippen molar-refractivity contribution in [2.75, 3.05) is 7.11 Å². The molecule has 2 aromatic rings. The van der Waals surface area contributed by atoms with E-state index >= 15 is 0 Å². The number of carbonyl (C=O) groups excluding carboxylic acids is 2. The highest BCUT2D eigenvalue weighted by Crippen LogP contribution is 2.33. The Bertz CT molecular complexity index is 762. The molecule has 0 amide bonds. The summed E-state index contributed by atoms with van der Waals surface area (Å²) < 4.78 is 10.5. The van der Waals surface area contributed by atoms with Gasteiger partial charge in [0.05, 0.1) is 18.2 Å². The molecule has 1 N–H and O–H groups in total. The van der Waals surface area contributed by atoms with Crippen LogP contribution in [0, 0.1) is 0 Å². The summed E-state index contributed by atoms with van der Waals surface area (Å²) in [5.41, 5.74) is 2.30. The minimum absolute atomic E-state index is 0.00658. The summed E-state index contributed by atoms with van der Waals surface area (Å²) in [6.45, 7) is 3.71. The number of methoxy groups -OCH3 is 1. The van der Waals surface area contributed by atoms with Crippen molar-refractivity contribution in [2.24, 2.45) is 0 Å². The lowest BCUT2D eigenvalue weighted by Crippen LogP contribution is -2.04. The van der Waals surface area contributed by atoms with Gasteiger partial charge in [-0.2, -0.15) is 0 Å². The van der Waals surface area contributed by atoms with E-state index in [-0.39, 0.29) is 24.1 Å². The van der Waals surface area contributed by atoms with Crippen LogP contribution in [0.5, 0.6) is 11.5 Å². The number of ketones is 1. The summed E-state index contributed by atoms with van der Waals surface area (Å²) in [5, 5.41) is 10.3. The lowest BCUT2D eigenvalue weighted by atomic mass is 10.0. The molecule has 5 heteroatoms. The maximum Gasteiger partial charge on any atom is 0.337 e. The van der Waals surface area contributed by atoms with Crippen molar-refractivity contribution < 1.29 is 24.2 Å². The third-order valence-electron chi connectivity index (χ3n) is 3.89. The van der Waals surface area contributed by atoms with E-state index in [0.29, 0.717) is 28.9 Å². The van der Waals surface area contributed by atoms with Gasteiger partial charge in [-0.25, -0.2) is 4.79 Å². The average Bonchev–Trinajstić information content (AvgIpc) is 2.61. The largest absolute Gasteiger partial charge is 0.507 e. The first-order chi connectivity index (χ1) is 12.0. The Balaban J connectivity index is 2.18. The van der Waals surface area contributed by atoms with Crippen LogP contribution in [-0.4, -0.2) is 24.0 Å². The van der Waals surface area contributed by atoms with Crippen LogP contribution in [0.3, 0.4) is 0 Å². The molecule has 0 bridgehead atoms. The van der Waals surface area contributed by atoms with E-state index in [0.717, 1.165) is 12.0 Å². The molecule has 2 rings (SSSR count). The topological polar surface area (TPSA) is 72.8 Å². The van der Waals surface area contributed by atoms with Crippen LogP contribution in [-0.2, 0) is 17.8 Å². The number of carbonyl (C=O) groups is 2. The highest BCUT2D eigenvalue weighted by Gasteiger charge is 2.16. The Kier molecular flexibility index (Phi) is 6.17. The fraction of sp³-hybridized carbons (Fsp3) is 0.300. The third kappa shape index (κ3) is 4.38. The molecule has 0 saturated heterocycles. The first-order valence-electron chi connectivity index (χ1n) is 8.13. The Hall–Kier alpha value is -2.82. The summed E-state index contributed by atoms with van der Waals surface area (Å²) in [6, 6.07) is 10.2. The fourth-order valence-electron chi connectivity index (χ4n) is 2.54. The molecular weight excluding hydrogens is 320 g/mol. The molecule has 132 valence electrons. The number of rotatable bonds is 7. The molecule has 5 nitrogen and oxygen atoms in total. The van der Waals surface area contributed by atoms with Crippen molar-refractivity contribution in [1.82, 2.24) is 0 Å². The number of hydrogen-bond donors (Lipinski definition) is 1. The predicted octanol–water partition coefficient (Wildman–Crippen LogP) is 3.91. The highest BCUT2D eigenvalue weighted by atomic mass is 16.5. The Labute approximate surface area is 147 Å². The zero-order valence-electron chi connectivity index (χ0n) is 14.7. The van der Waals surface area contributed by atoms with Crippen LogP contribution in [0.2, 0.25) is 0 Å². The van der Waals surface area contributed by atoms with E-state index in [1.54, 1.807) is 36.4 Å². The van der Waals surface area contributed by atoms with Gasteiger partial charge in [0.2, 0.25) is 0 Å². The molecule has 0 saturated carbocycles. The summed E-state index contributed by atoms with van der Waals surface area (Å²) in [4.78, 5) is 23.0. The van der Waals surface area contributed by atoms with Gasteiger partial charge in [-0.3, -0.25) is 4.79 Å². The predicted molar refractivity (Wildman–Crippen MR) is 94.2 cm³/mol. The smallest absolute Gasteiger partial charge is 0.337 e. The zero-order valence-corrected chi connectivity index (χ0v) is 14.7. The number of benzene rings is 2. The SMILES string of the molecule is CCCc1c(OCc2ccc(C(=O)OC)cc2)ccc(C(C)=O)c1O. The lowest BCUT2D eigenvalue weighted by Gasteiger charge is -2.15. The van der Waals surface area contributed by atoms with Crippen LogP contribution < -0.4 is 4.74 Å². The second kappa shape index (κ2) is 8.33. The van der Waals surface area contributed by atoms with E-state index in [1.165, 1.54) is 14.0 Å². The molecule has 0 spiro atoms. The first kappa shape index (κ1) is 18.5. The van der Waals surface area contributed by atoms with Crippen LogP contribution >= 0.6 is 0 Å². The monoisotopic (exact) mass is 342 g/mol. The minimum atomic E-state index is -0.387. The number of phenols is 1. The third-order valence-corrected chi connectivity index (χ3v) is 3.89. The lowest BCUT2D eigenvalue weighted by molar-refractivity contribution is 0.0600. The maximum absolute atomic E-state index is 11.6. The standard InChI is InChI=1S/C20H22O5/c1-4-5-17-18(11-10-16(13(2)21)19(17)22)25-12-14-6-8-15(9-7-14)20(23)24-3/h6-11,22H,4-5,12H2,1-3H3. The van der Waals surface area contributed by atoms with Gasteiger partial charge in [-0.1, -0.05) is 25.5 Å². The molecule has 0 atom stereocenters. The van der Waals surface area contributed by atoms with E-state index in [4.69, 9.17) is 4.74 Å². The van der Waals surface area contributed by atoms with Crippen LogP contribution in [0.25, 0.3) is 0 Å². The van der Waals surface area contributed by atoms with Crippen LogP contribution in [0.4, 0.5) is 0 Å². The van der Waals surface area contributed by atoms with Crippen molar-refractivity contribution in [3.8, 4) is 11.5 Å². The fourth-order valence-corrected chi connectivity index (χ4v) is 2.54. The first-order valence-corrected chi connectivity index (χ1v) is 8.13. The number of aromatic hydroxyl groups is 1. The average molecular weight is 342 g/mol. The molecular formula is C20H22O5. The van der Waals surface area contributed by atoms with Crippen molar-refractivity contribution in [1.29, 1.82) is 0 Å². The molecule has 0 aliphatic carbocycles. The van der Waals surface area contributed by atoms with E-state index in [2.05, 4.69) is 4.74 Å². The maximum atomic E-state index is 11.6. The molecule has 2 aromatic carbocycles. The number of esters is 1. The normalized spacial score (nSPS) is 10.4. The highest BCUT2D eigenvalue weighted by molar-refractivity contribution is 5.97. The van der Waals surface area contributed by atoms with Gasteiger partial charge in [-0.15, -0.1) is 0 Å².